The largest absolute Gasteiger partial charge is 0.342 e. The fraction of sp³-hybridized carbons (Fsp3) is 0.600. The average molecular weight is 327 g/mol. The second-order valence-corrected chi connectivity index (χ2v) is 7.64. The molecule has 0 spiro atoms. The minimum absolute atomic E-state index is 0.0483. The van der Waals surface area contributed by atoms with E-state index in [9.17, 15) is 9.59 Å². The summed E-state index contributed by atoms with van der Waals surface area (Å²) in [6.45, 7) is 0.629. The zero-order chi connectivity index (χ0) is 14.8. The lowest BCUT2D eigenvalue weighted by atomic mass is 9.82. The zero-order valence-electron chi connectivity index (χ0n) is 11.8. The molecule has 1 N–H and O–H groups in total. The summed E-state index contributed by atoms with van der Waals surface area (Å²) in [5.74, 6) is 0.309. The average Bonchev–Trinajstić information content (AvgIpc) is 2.89. The molecule has 1 aromatic heterocycles. The van der Waals surface area contributed by atoms with Gasteiger partial charge in [0.05, 0.1) is 17.4 Å². The Kier molecular flexibility index (Phi) is 4.50. The van der Waals surface area contributed by atoms with Crippen molar-refractivity contribution in [1.29, 1.82) is 0 Å². The minimum atomic E-state index is -0.331. The number of carbonyl (C=O) groups is 2. The van der Waals surface area contributed by atoms with Crippen LogP contribution in [0.2, 0.25) is 4.34 Å². The Bertz CT molecular complexity index is 540. The van der Waals surface area contributed by atoms with Gasteiger partial charge >= 0.3 is 0 Å². The lowest BCUT2D eigenvalue weighted by Crippen LogP contribution is -2.60. The van der Waals surface area contributed by atoms with E-state index in [4.69, 9.17) is 11.6 Å². The molecule has 114 valence electrons. The molecule has 0 aromatic carbocycles. The van der Waals surface area contributed by atoms with E-state index in [0.717, 1.165) is 30.6 Å². The van der Waals surface area contributed by atoms with Crippen molar-refractivity contribution in [3.63, 3.8) is 0 Å². The number of hydrogen-bond donors (Lipinski definition) is 1. The summed E-state index contributed by atoms with van der Waals surface area (Å²) in [4.78, 5) is 27.3. The van der Waals surface area contributed by atoms with Gasteiger partial charge in [0.25, 0.3) is 0 Å². The maximum absolute atomic E-state index is 12.7. The van der Waals surface area contributed by atoms with Gasteiger partial charge in [0.2, 0.25) is 11.8 Å². The Balaban J connectivity index is 1.71. The number of halogens is 1. The van der Waals surface area contributed by atoms with E-state index in [1.54, 1.807) is 4.90 Å². The second kappa shape index (κ2) is 6.36. The molecule has 2 fully saturated rings. The summed E-state index contributed by atoms with van der Waals surface area (Å²) in [6.07, 6.45) is 5.63. The van der Waals surface area contributed by atoms with E-state index < -0.39 is 0 Å². The van der Waals surface area contributed by atoms with E-state index in [1.165, 1.54) is 17.8 Å². The Morgan fingerprint density at radius 3 is 2.67 bits per heavy atom. The molecule has 21 heavy (non-hydrogen) atoms. The summed E-state index contributed by atoms with van der Waals surface area (Å²) in [5.41, 5.74) is 0. The fourth-order valence-corrected chi connectivity index (χ4v) is 4.38. The molecule has 1 aliphatic heterocycles. The van der Waals surface area contributed by atoms with Crippen LogP contribution in [-0.2, 0) is 16.1 Å². The van der Waals surface area contributed by atoms with Crippen LogP contribution in [-0.4, -0.2) is 29.3 Å². The molecule has 1 atom stereocenters. The van der Waals surface area contributed by atoms with Crippen molar-refractivity contribution >= 4 is 34.8 Å². The first kappa shape index (κ1) is 14.9. The molecule has 2 heterocycles. The Morgan fingerprint density at radius 1 is 1.24 bits per heavy atom. The molecule has 2 amide bonds. The minimum Gasteiger partial charge on any atom is -0.342 e. The molecule has 0 radical (unpaired) electrons. The normalized spacial score (nSPS) is 24.2. The third kappa shape index (κ3) is 3.40. The van der Waals surface area contributed by atoms with Crippen molar-refractivity contribution in [3.8, 4) is 0 Å². The lowest BCUT2D eigenvalue weighted by molar-refractivity contribution is -0.146. The van der Waals surface area contributed by atoms with Crippen molar-refractivity contribution in [1.82, 2.24) is 10.2 Å². The zero-order valence-corrected chi connectivity index (χ0v) is 13.4. The maximum Gasteiger partial charge on any atom is 0.246 e. The Labute approximate surface area is 133 Å². The summed E-state index contributed by atoms with van der Waals surface area (Å²) in [5, 5.41) is 2.90. The number of hydrogen-bond acceptors (Lipinski definition) is 3. The van der Waals surface area contributed by atoms with Crippen LogP contribution in [0.4, 0.5) is 0 Å². The smallest absolute Gasteiger partial charge is 0.246 e. The van der Waals surface area contributed by atoms with E-state index in [2.05, 4.69) is 5.32 Å². The summed E-state index contributed by atoms with van der Waals surface area (Å²) < 4.78 is 0.711. The first-order chi connectivity index (χ1) is 10.1. The number of rotatable bonds is 3. The molecule has 6 heteroatoms. The first-order valence-corrected chi connectivity index (χ1v) is 8.65. The van der Waals surface area contributed by atoms with Gasteiger partial charge in [-0.2, -0.15) is 0 Å². The molecular formula is C15H19ClN2O2S. The van der Waals surface area contributed by atoms with Crippen molar-refractivity contribution < 1.29 is 9.59 Å². The van der Waals surface area contributed by atoms with Gasteiger partial charge in [-0.25, -0.2) is 0 Å². The van der Waals surface area contributed by atoms with E-state index in [-0.39, 0.29) is 24.4 Å². The number of nitrogens with zero attached hydrogens (tertiary/aromatic N) is 1. The van der Waals surface area contributed by atoms with Gasteiger partial charge in [-0.3, -0.25) is 9.59 Å². The van der Waals surface area contributed by atoms with Gasteiger partial charge in [-0.05, 0) is 30.9 Å². The van der Waals surface area contributed by atoms with Crippen LogP contribution in [0.25, 0.3) is 0 Å². The highest BCUT2D eigenvalue weighted by molar-refractivity contribution is 7.16. The molecule has 1 saturated carbocycles. The van der Waals surface area contributed by atoms with Crippen LogP contribution in [0.3, 0.4) is 0 Å². The second-order valence-electron chi connectivity index (χ2n) is 5.84. The summed E-state index contributed by atoms with van der Waals surface area (Å²) in [7, 11) is 0. The van der Waals surface area contributed by atoms with Crippen LogP contribution in [0.5, 0.6) is 0 Å². The van der Waals surface area contributed by atoms with Crippen molar-refractivity contribution in [3.05, 3.63) is 21.3 Å². The highest BCUT2D eigenvalue weighted by Gasteiger charge is 2.38. The van der Waals surface area contributed by atoms with Crippen LogP contribution in [0.1, 0.15) is 37.0 Å². The molecule has 0 bridgehead atoms. The SMILES string of the molecule is O=C1CN(Cc2ccc(Cl)s2)C(=O)C(C2CCCCC2)N1. The van der Waals surface area contributed by atoms with E-state index in [0.29, 0.717) is 16.8 Å². The molecule has 4 nitrogen and oxygen atoms in total. The lowest BCUT2D eigenvalue weighted by Gasteiger charge is -2.37. The number of thiophene rings is 1. The van der Waals surface area contributed by atoms with Gasteiger partial charge in [-0.15, -0.1) is 11.3 Å². The molecule has 1 aliphatic carbocycles. The van der Waals surface area contributed by atoms with Crippen molar-refractivity contribution in [2.75, 3.05) is 6.54 Å². The predicted molar refractivity (Wildman–Crippen MR) is 83.3 cm³/mol. The maximum atomic E-state index is 12.7. The van der Waals surface area contributed by atoms with Crippen molar-refractivity contribution in [2.24, 2.45) is 5.92 Å². The van der Waals surface area contributed by atoms with Crippen LogP contribution >= 0.6 is 22.9 Å². The topological polar surface area (TPSA) is 49.4 Å². The van der Waals surface area contributed by atoms with E-state index in [1.807, 2.05) is 12.1 Å². The van der Waals surface area contributed by atoms with Crippen LogP contribution in [0, 0.1) is 5.92 Å². The molecule has 1 unspecified atom stereocenters. The third-order valence-electron chi connectivity index (χ3n) is 4.33. The van der Waals surface area contributed by atoms with Gasteiger partial charge in [0, 0.05) is 4.88 Å². The monoisotopic (exact) mass is 326 g/mol. The Hall–Kier alpha value is -1.07. The molecule has 1 aromatic rings. The van der Waals surface area contributed by atoms with Gasteiger partial charge in [0.15, 0.2) is 0 Å². The number of piperazine rings is 1. The molecule has 1 saturated heterocycles. The predicted octanol–water partition coefficient (Wildman–Crippen LogP) is 2.81. The quantitative estimate of drug-likeness (QED) is 0.928. The molecule has 2 aliphatic rings. The number of nitrogens with one attached hydrogen (secondary N) is 1. The molecule has 3 rings (SSSR count). The van der Waals surface area contributed by atoms with Gasteiger partial charge < -0.3 is 10.2 Å². The first-order valence-electron chi connectivity index (χ1n) is 7.46. The number of amides is 2. The highest BCUT2D eigenvalue weighted by Crippen LogP contribution is 2.29. The third-order valence-corrected chi connectivity index (χ3v) is 5.54. The fourth-order valence-electron chi connectivity index (χ4n) is 3.27. The van der Waals surface area contributed by atoms with Gasteiger partial charge in [0.1, 0.15) is 6.04 Å². The van der Waals surface area contributed by atoms with Crippen LogP contribution in [0.15, 0.2) is 12.1 Å². The standard InChI is InChI=1S/C15H19ClN2O2S/c16-12-7-6-11(21-12)8-18-9-13(19)17-14(15(18)20)10-4-2-1-3-5-10/h6-7,10,14H,1-5,8-9H2,(H,17,19). The van der Waals surface area contributed by atoms with Crippen LogP contribution < -0.4 is 5.32 Å². The highest BCUT2D eigenvalue weighted by atomic mass is 35.5. The number of carbonyl (C=O) groups excluding carboxylic acids is 2. The van der Waals surface area contributed by atoms with E-state index >= 15 is 0 Å². The summed E-state index contributed by atoms with van der Waals surface area (Å²) >= 11 is 7.39. The Morgan fingerprint density at radius 2 is 2.00 bits per heavy atom. The molecular weight excluding hydrogens is 308 g/mol. The van der Waals surface area contributed by atoms with Gasteiger partial charge in [-0.1, -0.05) is 30.9 Å². The summed E-state index contributed by atoms with van der Waals surface area (Å²) in [6, 6.07) is 3.42. The van der Waals surface area contributed by atoms with Crippen molar-refractivity contribution in [2.45, 2.75) is 44.7 Å².